The first-order valence-electron chi connectivity index (χ1n) is 5.29. The van der Waals surface area contributed by atoms with Crippen molar-refractivity contribution in [1.29, 1.82) is 0 Å². The molecule has 1 heterocycles. The standard InChI is InChI=1S/C13H16O3/c1-3-9-16-13(14)11(2)6-4-7-12-8-5-10-15-12/h4-8,10H,3,9H2,1-2H3/b7-4+,11-6-. The van der Waals surface area contributed by atoms with Crippen LogP contribution in [0.5, 0.6) is 0 Å². The van der Waals surface area contributed by atoms with Gasteiger partial charge in [0.25, 0.3) is 0 Å². The average molecular weight is 220 g/mol. The summed E-state index contributed by atoms with van der Waals surface area (Å²) < 4.78 is 10.1. The number of carbonyl (C=O) groups is 1. The Labute approximate surface area is 95.4 Å². The summed E-state index contributed by atoms with van der Waals surface area (Å²) in [6.45, 7) is 4.15. The van der Waals surface area contributed by atoms with Gasteiger partial charge in [-0.05, 0) is 31.6 Å². The summed E-state index contributed by atoms with van der Waals surface area (Å²) in [4.78, 5) is 11.3. The van der Waals surface area contributed by atoms with Crippen LogP contribution in [-0.2, 0) is 9.53 Å². The highest BCUT2D eigenvalue weighted by Crippen LogP contribution is 2.04. The minimum Gasteiger partial charge on any atom is -0.465 e. The first-order valence-corrected chi connectivity index (χ1v) is 5.29. The quantitative estimate of drug-likeness (QED) is 0.434. The van der Waals surface area contributed by atoms with E-state index in [0.29, 0.717) is 12.2 Å². The molecule has 0 radical (unpaired) electrons. The average Bonchev–Trinajstić information content (AvgIpc) is 2.78. The predicted molar refractivity (Wildman–Crippen MR) is 62.7 cm³/mol. The Bertz CT molecular complexity index is 372. The van der Waals surface area contributed by atoms with E-state index in [-0.39, 0.29) is 5.97 Å². The van der Waals surface area contributed by atoms with Gasteiger partial charge in [0.1, 0.15) is 5.76 Å². The monoisotopic (exact) mass is 220 g/mol. The summed E-state index contributed by atoms with van der Waals surface area (Å²) in [6, 6.07) is 3.65. The fourth-order valence-electron chi connectivity index (χ4n) is 1.05. The van der Waals surface area contributed by atoms with Crippen LogP contribution in [0.1, 0.15) is 26.0 Å². The second kappa shape index (κ2) is 6.67. The summed E-state index contributed by atoms with van der Waals surface area (Å²) in [6.07, 6.45) is 7.70. The van der Waals surface area contributed by atoms with E-state index in [1.807, 2.05) is 19.1 Å². The van der Waals surface area contributed by atoms with Gasteiger partial charge in [-0.25, -0.2) is 4.79 Å². The number of furan rings is 1. The lowest BCUT2D eigenvalue weighted by atomic mass is 10.2. The maximum atomic E-state index is 11.3. The molecule has 3 nitrogen and oxygen atoms in total. The molecule has 86 valence electrons. The highest BCUT2D eigenvalue weighted by atomic mass is 16.5. The Morgan fingerprint density at radius 3 is 3.00 bits per heavy atom. The Morgan fingerprint density at radius 1 is 1.56 bits per heavy atom. The molecule has 0 aromatic carbocycles. The molecule has 0 aliphatic rings. The third-order valence-corrected chi connectivity index (χ3v) is 1.91. The molecule has 0 aliphatic heterocycles. The van der Waals surface area contributed by atoms with Crippen molar-refractivity contribution in [2.24, 2.45) is 0 Å². The molecular weight excluding hydrogens is 204 g/mol. The molecule has 0 N–H and O–H groups in total. The third kappa shape index (κ3) is 4.17. The molecule has 16 heavy (non-hydrogen) atoms. The lowest BCUT2D eigenvalue weighted by molar-refractivity contribution is -0.138. The highest BCUT2D eigenvalue weighted by Gasteiger charge is 2.02. The van der Waals surface area contributed by atoms with Gasteiger partial charge in [0.2, 0.25) is 0 Å². The zero-order chi connectivity index (χ0) is 11.8. The Kier molecular flexibility index (Phi) is 5.12. The number of ether oxygens (including phenoxy) is 1. The van der Waals surface area contributed by atoms with Crippen LogP contribution in [0.15, 0.2) is 40.5 Å². The molecule has 0 unspecified atom stereocenters. The van der Waals surface area contributed by atoms with E-state index in [2.05, 4.69) is 0 Å². The first kappa shape index (κ1) is 12.3. The van der Waals surface area contributed by atoms with E-state index in [0.717, 1.165) is 12.2 Å². The third-order valence-electron chi connectivity index (χ3n) is 1.91. The molecule has 0 amide bonds. The molecule has 1 rings (SSSR count). The Morgan fingerprint density at radius 2 is 2.38 bits per heavy atom. The van der Waals surface area contributed by atoms with E-state index in [4.69, 9.17) is 9.15 Å². The molecule has 3 heteroatoms. The molecule has 0 saturated heterocycles. The van der Waals surface area contributed by atoms with Crippen LogP contribution in [0.3, 0.4) is 0 Å². The van der Waals surface area contributed by atoms with Crippen molar-refractivity contribution in [3.8, 4) is 0 Å². The van der Waals surface area contributed by atoms with Crippen molar-refractivity contribution in [2.75, 3.05) is 6.61 Å². The zero-order valence-electron chi connectivity index (χ0n) is 9.60. The van der Waals surface area contributed by atoms with Gasteiger partial charge in [0, 0.05) is 5.57 Å². The van der Waals surface area contributed by atoms with E-state index in [1.165, 1.54) is 0 Å². The number of carbonyl (C=O) groups excluding carboxylic acids is 1. The number of esters is 1. The van der Waals surface area contributed by atoms with E-state index < -0.39 is 0 Å². The normalized spacial score (nSPS) is 12.0. The molecule has 0 fully saturated rings. The van der Waals surface area contributed by atoms with E-state index in [9.17, 15) is 4.79 Å². The number of rotatable bonds is 5. The minimum absolute atomic E-state index is 0.272. The molecule has 0 saturated carbocycles. The van der Waals surface area contributed by atoms with Gasteiger partial charge in [-0.1, -0.05) is 19.1 Å². The molecule has 0 aliphatic carbocycles. The Balaban J connectivity index is 2.47. The molecular formula is C13H16O3. The Hall–Kier alpha value is -1.77. The summed E-state index contributed by atoms with van der Waals surface area (Å²) in [7, 11) is 0. The molecule has 1 aromatic heterocycles. The smallest absolute Gasteiger partial charge is 0.333 e. The minimum atomic E-state index is -0.272. The van der Waals surface area contributed by atoms with Gasteiger partial charge in [0.15, 0.2) is 0 Å². The van der Waals surface area contributed by atoms with Crippen molar-refractivity contribution in [1.82, 2.24) is 0 Å². The largest absolute Gasteiger partial charge is 0.465 e. The van der Waals surface area contributed by atoms with Crippen molar-refractivity contribution in [3.63, 3.8) is 0 Å². The lowest BCUT2D eigenvalue weighted by Gasteiger charge is -2.01. The highest BCUT2D eigenvalue weighted by molar-refractivity contribution is 5.88. The van der Waals surface area contributed by atoms with Gasteiger partial charge < -0.3 is 9.15 Å². The van der Waals surface area contributed by atoms with Crippen LogP contribution >= 0.6 is 0 Å². The molecule has 1 aromatic rings. The maximum absolute atomic E-state index is 11.3. The summed E-state index contributed by atoms with van der Waals surface area (Å²) in [5, 5.41) is 0. The van der Waals surface area contributed by atoms with Gasteiger partial charge in [-0.2, -0.15) is 0 Å². The summed E-state index contributed by atoms with van der Waals surface area (Å²) in [5.41, 5.74) is 0.580. The number of allylic oxidation sites excluding steroid dienone is 2. The fraction of sp³-hybridized carbons (Fsp3) is 0.308. The van der Waals surface area contributed by atoms with Gasteiger partial charge >= 0.3 is 5.97 Å². The predicted octanol–water partition coefficient (Wildman–Crippen LogP) is 3.19. The van der Waals surface area contributed by atoms with Crippen molar-refractivity contribution >= 4 is 12.0 Å². The van der Waals surface area contributed by atoms with Crippen LogP contribution in [0.2, 0.25) is 0 Å². The van der Waals surface area contributed by atoms with Crippen molar-refractivity contribution in [2.45, 2.75) is 20.3 Å². The van der Waals surface area contributed by atoms with Crippen LogP contribution in [0, 0.1) is 0 Å². The second-order valence-electron chi connectivity index (χ2n) is 3.36. The van der Waals surface area contributed by atoms with Crippen molar-refractivity contribution < 1.29 is 13.9 Å². The summed E-state index contributed by atoms with van der Waals surface area (Å²) in [5.74, 6) is 0.483. The van der Waals surface area contributed by atoms with Gasteiger partial charge in [0.05, 0.1) is 12.9 Å². The number of hydrogen-bond donors (Lipinski definition) is 0. The summed E-state index contributed by atoms with van der Waals surface area (Å²) >= 11 is 0. The van der Waals surface area contributed by atoms with E-state index >= 15 is 0 Å². The molecule has 0 bridgehead atoms. The van der Waals surface area contributed by atoms with Gasteiger partial charge in [-0.3, -0.25) is 0 Å². The van der Waals surface area contributed by atoms with Crippen LogP contribution in [0.25, 0.3) is 6.08 Å². The van der Waals surface area contributed by atoms with Crippen molar-refractivity contribution in [3.05, 3.63) is 41.9 Å². The molecule has 0 atom stereocenters. The SMILES string of the molecule is CCCOC(=O)/C(C)=C\C=C\c1ccco1. The first-order chi connectivity index (χ1) is 7.74. The second-order valence-corrected chi connectivity index (χ2v) is 3.36. The maximum Gasteiger partial charge on any atom is 0.333 e. The number of hydrogen-bond acceptors (Lipinski definition) is 3. The van der Waals surface area contributed by atoms with Crippen LogP contribution in [-0.4, -0.2) is 12.6 Å². The van der Waals surface area contributed by atoms with Crippen LogP contribution in [0.4, 0.5) is 0 Å². The topological polar surface area (TPSA) is 39.4 Å². The van der Waals surface area contributed by atoms with Gasteiger partial charge in [-0.15, -0.1) is 0 Å². The lowest BCUT2D eigenvalue weighted by Crippen LogP contribution is -2.05. The zero-order valence-corrected chi connectivity index (χ0v) is 9.60. The molecule has 0 spiro atoms. The fourth-order valence-corrected chi connectivity index (χ4v) is 1.05. The van der Waals surface area contributed by atoms with E-state index in [1.54, 1.807) is 31.4 Å². The van der Waals surface area contributed by atoms with Crippen LogP contribution < -0.4 is 0 Å².